The Labute approximate surface area is 74.5 Å². The van der Waals surface area contributed by atoms with E-state index in [1.165, 1.54) is 12.7 Å². The molecule has 2 atom stereocenters. The highest BCUT2D eigenvalue weighted by Gasteiger charge is 2.14. The third kappa shape index (κ3) is 4.07. The fourth-order valence-corrected chi connectivity index (χ4v) is 2.10. The topological polar surface area (TPSA) is 50.2 Å². The van der Waals surface area contributed by atoms with Crippen LogP contribution in [0.25, 0.3) is 0 Å². The Bertz CT molecular complexity index is 217. The largest absolute Gasteiger partial charge is 0.378 e. The van der Waals surface area contributed by atoms with Crippen LogP contribution < -0.4 is 0 Å². The van der Waals surface area contributed by atoms with Crippen LogP contribution in [0, 0.1) is 4.78 Å². The summed E-state index contributed by atoms with van der Waals surface area (Å²) >= 11 is 0. The average molecular weight is 191 g/mol. The zero-order valence-electron chi connectivity index (χ0n) is 7.54. The van der Waals surface area contributed by atoms with Gasteiger partial charge in [-0.25, -0.2) is 0 Å². The van der Waals surface area contributed by atoms with Gasteiger partial charge in [0.1, 0.15) is 0 Å². The molecule has 1 fully saturated rings. The first-order chi connectivity index (χ1) is 5.58. The molecule has 0 aliphatic carbocycles. The lowest BCUT2D eigenvalue weighted by Gasteiger charge is -2.22. The first-order valence-corrected chi connectivity index (χ1v) is 6.54. The second-order valence-corrected chi connectivity index (χ2v) is 5.90. The summed E-state index contributed by atoms with van der Waals surface area (Å²) in [5, 5.41) is 0. The molecule has 1 heterocycles. The second kappa shape index (κ2) is 4.23. The van der Waals surface area contributed by atoms with Gasteiger partial charge in [-0.15, -0.1) is 0 Å². The number of rotatable bonds is 3. The maximum Gasteiger partial charge on any atom is 0.0584 e. The van der Waals surface area contributed by atoms with Gasteiger partial charge in [0.25, 0.3) is 0 Å². The summed E-state index contributed by atoms with van der Waals surface area (Å²) in [5.74, 6) is 0.484. The summed E-state index contributed by atoms with van der Waals surface area (Å²) in [4.78, 5) is 0. The van der Waals surface area contributed by atoms with E-state index in [9.17, 15) is 4.21 Å². The van der Waals surface area contributed by atoms with E-state index in [-0.39, 0.29) is 6.10 Å². The maximum atomic E-state index is 11.0. The van der Waals surface area contributed by atoms with Crippen molar-refractivity contribution >= 4 is 9.73 Å². The van der Waals surface area contributed by atoms with Crippen LogP contribution in [0.1, 0.15) is 25.7 Å². The zero-order valence-corrected chi connectivity index (χ0v) is 8.36. The molecule has 0 bridgehead atoms. The van der Waals surface area contributed by atoms with Crippen molar-refractivity contribution in [2.75, 3.05) is 18.6 Å². The van der Waals surface area contributed by atoms with Crippen molar-refractivity contribution in [3.05, 3.63) is 0 Å². The molecule has 1 aliphatic rings. The lowest BCUT2D eigenvalue weighted by molar-refractivity contribution is 0.0148. The highest BCUT2D eigenvalue weighted by molar-refractivity contribution is 7.91. The van der Waals surface area contributed by atoms with Gasteiger partial charge < -0.3 is 4.74 Å². The number of hydrogen-bond donors (Lipinski definition) is 1. The second-order valence-electron chi connectivity index (χ2n) is 3.49. The summed E-state index contributed by atoms with van der Waals surface area (Å²) in [5.41, 5.74) is 0. The molecule has 0 amide bonds. The molecule has 0 saturated carbocycles. The van der Waals surface area contributed by atoms with Crippen molar-refractivity contribution in [2.45, 2.75) is 31.8 Å². The van der Waals surface area contributed by atoms with E-state index >= 15 is 0 Å². The fourth-order valence-electron chi connectivity index (χ4n) is 1.39. The number of nitrogens with one attached hydrogen (secondary N) is 1. The van der Waals surface area contributed by atoms with E-state index in [4.69, 9.17) is 9.52 Å². The molecule has 72 valence electrons. The van der Waals surface area contributed by atoms with Crippen molar-refractivity contribution in [3.63, 3.8) is 0 Å². The van der Waals surface area contributed by atoms with Gasteiger partial charge in [-0.1, -0.05) is 0 Å². The molecule has 0 aromatic carbocycles. The number of ether oxygens (including phenoxy) is 1. The zero-order chi connectivity index (χ0) is 9.03. The van der Waals surface area contributed by atoms with Crippen molar-refractivity contribution in [2.24, 2.45) is 0 Å². The van der Waals surface area contributed by atoms with Crippen LogP contribution in [0.4, 0.5) is 0 Å². The molecule has 3 nitrogen and oxygen atoms in total. The Morgan fingerprint density at radius 3 is 2.83 bits per heavy atom. The fraction of sp³-hybridized carbons (Fsp3) is 1.00. The molecule has 1 unspecified atom stereocenters. The van der Waals surface area contributed by atoms with Gasteiger partial charge in [0.2, 0.25) is 0 Å². The Hall–Kier alpha value is -0.0900. The lowest BCUT2D eigenvalue weighted by atomic mass is 10.1. The van der Waals surface area contributed by atoms with E-state index in [0.717, 1.165) is 25.9 Å². The lowest BCUT2D eigenvalue weighted by Crippen LogP contribution is -2.21. The van der Waals surface area contributed by atoms with Crippen LogP contribution in [0.15, 0.2) is 0 Å². The van der Waals surface area contributed by atoms with Gasteiger partial charge in [0.15, 0.2) is 0 Å². The van der Waals surface area contributed by atoms with Crippen molar-refractivity contribution < 1.29 is 8.95 Å². The summed E-state index contributed by atoms with van der Waals surface area (Å²) in [6, 6.07) is 0. The number of hydrogen-bond acceptors (Lipinski definition) is 3. The first kappa shape index (κ1) is 9.99. The quantitative estimate of drug-likeness (QED) is 0.737. The van der Waals surface area contributed by atoms with Crippen LogP contribution in [0.5, 0.6) is 0 Å². The smallest absolute Gasteiger partial charge is 0.0584 e. The Balaban J connectivity index is 2.22. The van der Waals surface area contributed by atoms with Crippen molar-refractivity contribution in [3.8, 4) is 0 Å². The summed E-state index contributed by atoms with van der Waals surface area (Å²) in [7, 11) is -2.30. The molecule has 1 aliphatic heterocycles. The third-order valence-corrected chi connectivity index (χ3v) is 3.12. The molecule has 0 aromatic heterocycles. The van der Waals surface area contributed by atoms with Crippen LogP contribution in [-0.2, 0) is 14.5 Å². The van der Waals surface area contributed by atoms with Gasteiger partial charge in [-0.3, -0.25) is 8.99 Å². The van der Waals surface area contributed by atoms with Crippen LogP contribution in [0.2, 0.25) is 0 Å². The molecule has 12 heavy (non-hydrogen) atoms. The predicted molar refractivity (Wildman–Crippen MR) is 49.9 cm³/mol. The molecule has 4 heteroatoms. The van der Waals surface area contributed by atoms with Gasteiger partial charge in [0, 0.05) is 28.3 Å². The van der Waals surface area contributed by atoms with Gasteiger partial charge in [-0.05, 0) is 25.7 Å². The van der Waals surface area contributed by atoms with Gasteiger partial charge in [0.05, 0.1) is 6.10 Å². The predicted octanol–water partition coefficient (Wildman–Crippen LogP) is 1.62. The van der Waals surface area contributed by atoms with E-state index in [0.29, 0.717) is 5.75 Å². The van der Waals surface area contributed by atoms with E-state index in [2.05, 4.69) is 0 Å². The van der Waals surface area contributed by atoms with E-state index < -0.39 is 9.73 Å². The van der Waals surface area contributed by atoms with E-state index in [1.54, 1.807) is 0 Å². The summed E-state index contributed by atoms with van der Waals surface area (Å²) in [6.45, 7) is 0.841. The molecular weight excluding hydrogens is 174 g/mol. The highest BCUT2D eigenvalue weighted by Crippen LogP contribution is 2.15. The van der Waals surface area contributed by atoms with E-state index in [1.807, 2.05) is 0 Å². The molecule has 1 saturated heterocycles. The summed E-state index contributed by atoms with van der Waals surface area (Å²) in [6.07, 6.45) is 6.00. The normalized spacial score (nSPS) is 29.6. The standard InChI is InChI=1S/C8H17NO2S/c1-12(9,10)7-5-8-4-2-3-6-11-8/h8-9H,2-7H2,1H3/t8-,12?/m0/s1. The SMILES string of the molecule is CS(=N)(=O)CC[C@@H]1CCCCO1. The maximum absolute atomic E-state index is 11.0. The molecule has 0 radical (unpaired) electrons. The molecule has 1 rings (SSSR count). The van der Waals surface area contributed by atoms with Crippen molar-refractivity contribution in [1.29, 1.82) is 4.78 Å². The monoisotopic (exact) mass is 191 g/mol. The first-order valence-electron chi connectivity index (χ1n) is 4.41. The molecule has 0 spiro atoms. The van der Waals surface area contributed by atoms with Crippen LogP contribution >= 0.6 is 0 Å². The Morgan fingerprint density at radius 1 is 1.58 bits per heavy atom. The minimum Gasteiger partial charge on any atom is -0.378 e. The van der Waals surface area contributed by atoms with Crippen molar-refractivity contribution in [1.82, 2.24) is 0 Å². The molecule has 0 aromatic rings. The van der Waals surface area contributed by atoms with Crippen LogP contribution in [0.3, 0.4) is 0 Å². The third-order valence-electron chi connectivity index (χ3n) is 2.10. The van der Waals surface area contributed by atoms with Gasteiger partial charge in [-0.2, -0.15) is 0 Å². The summed E-state index contributed by atoms with van der Waals surface area (Å²) < 4.78 is 23.7. The Morgan fingerprint density at radius 2 is 2.33 bits per heavy atom. The van der Waals surface area contributed by atoms with Gasteiger partial charge >= 0.3 is 0 Å². The average Bonchev–Trinajstić information content (AvgIpc) is 2.02. The Kier molecular flexibility index (Phi) is 3.53. The highest BCUT2D eigenvalue weighted by atomic mass is 32.2. The molecular formula is C8H17NO2S. The molecule has 1 N–H and O–H groups in total. The minimum absolute atomic E-state index is 0.268. The van der Waals surface area contributed by atoms with Crippen LogP contribution in [-0.4, -0.2) is 28.9 Å². The minimum atomic E-state index is -2.30.